The maximum absolute atomic E-state index is 11.3. The quantitative estimate of drug-likeness (QED) is 0.591. The molecule has 2 heterocycles. The summed E-state index contributed by atoms with van der Waals surface area (Å²) in [6.45, 7) is 5.97. The van der Waals surface area contributed by atoms with Crippen LogP contribution in [0.2, 0.25) is 0 Å². The molecule has 0 bridgehead atoms. The molecule has 1 aromatic heterocycles. The Hall–Kier alpha value is -0.845. The third-order valence-electron chi connectivity index (χ3n) is 2.96. The van der Waals surface area contributed by atoms with E-state index >= 15 is 0 Å². The van der Waals surface area contributed by atoms with Crippen molar-refractivity contribution >= 4 is 29.2 Å². The van der Waals surface area contributed by atoms with E-state index in [1.165, 1.54) is 18.4 Å². The van der Waals surface area contributed by atoms with Gasteiger partial charge in [0.15, 0.2) is 0 Å². The molecule has 0 N–H and O–H groups in total. The summed E-state index contributed by atoms with van der Waals surface area (Å²) in [6.07, 6.45) is 0.0242. The molecular formula is C11H15BO4S. The van der Waals surface area contributed by atoms with Crippen LogP contribution < -0.4 is 4.78 Å². The van der Waals surface area contributed by atoms with E-state index in [9.17, 15) is 4.79 Å². The second kappa shape index (κ2) is 4.44. The van der Waals surface area contributed by atoms with Crippen LogP contribution in [0.15, 0.2) is 12.1 Å². The first-order valence-electron chi connectivity index (χ1n) is 5.45. The molecule has 1 fully saturated rings. The van der Waals surface area contributed by atoms with Gasteiger partial charge in [0.1, 0.15) is 4.88 Å². The van der Waals surface area contributed by atoms with Crippen LogP contribution in [-0.2, 0) is 14.0 Å². The molecule has 0 amide bonds. The molecule has 1 aliphatic rings. The summed E-state index contributed by atoms with van der Waals surface area (Å²) in [4.78, 5) is 11.9. The Kier molecular flexibility index (Phi) is 3.29. The lowest BCUT2D eigenvalue weighted by atomic mass is 9.88. The summed E-state index contributed by atoms with van der Waals surface area (Å²) < 4.78 is 17.1. The van der Waals surface area contributed by atoms with E-state index in [4.69, 9.17) is 9.31 Å². The normalized spacial score (nSPS) is 22.8. The van der Waals surface area contributed by atoms with E-state index in [1.807, 2.05) is 26.8 Å². The molecule has 0 unspecified atom stereocenters. The standard InChI is InChI=1S/C11H15BO4S/c1-7-11(2,3)16-12(15-7)9-6-5-8(17-9)10(13)14-4/h5-7H,1-4H3/t7-/m0/s1. The molecule has 17 heavy (non-hydrogen) atoms. The SMILES string of the molecule is COC(=O)c1ccc(B2O[C@@H](C)C(C)(C)O2)s1. The lowest BCUT2D eigenvalue weighted by molar-refractivity contribution is 0.0606. The van der Waals surface area contributed by atoms with Gasteiger partial charge in [-0.3, -0.25) is 0 Å². The Morgan fingerprint density at radius 2 is 2.24 bits per heavy atom. The van der Waals surface area contributed by atoms with Gasteiger partial charge in [0, 0.05) is 4.78 Å². The van der Waals surface area contributed by atoms with Gasteiger partial charge in [0.2, 0.25) is 0 Å². The monoisotopic (exact) mass is 254 g/mol. The maximum Gasteiger partial charge on any atom is 0.505 e. The van der Waals surface area contributed by atoms with Crippen molar-refractivity contribution in [1.29, 1.82) is 0 Å². The van der Waals surface area contributed by atoms with Crippen LogP contribution in [0.4, 0.5) is 0 Å². The summed E-state index contributed by atoms with van der Waals surface area (Å²) in [5.41, 5.74) is -0.305. The maximum atomic E-state index is 11.3. The minimum Gasteiger partial charge on any atom is -0.465 e. The van der Waals surface area contributed by atoms with Crippen LogP contribution >= 0.6 is 11.3 Å². The van der Waals surface area contributed by atoms with Crippen LogP contribution in [0.25, 0.3) is 0 Å². The fourth-order valence-electron chi connectivity index (χ4n) is 1.56. The van der Waals surface area contributed by atoms with Crippen molar-refractivity contribution in [2.24, 2.45) is 0 Å². The fraction of sp³-hybridized carbons (Fsp3) is 0.545. The van der Waals surface area contributed by atoms with Gasteiger partial charge in [-0.1, -0.05) is 6.07 Å². The number of esters is 1. The largest absolute Gasteiger partial charge is 0.505 e. The van der Waals surface area contributed by atoms with E-state index in [2.05, 4.69) is 4.74 Å². The number of rotatable bonds is 2. The zero-order valence-electron chi connectivity index (χ0n) is 10.4. The third-order valence-corrected chi connectivity index (χ3v) is 4.05. The Morgan fingerprint density at radius 3 is 2.76 bits per heavy atom. The second-order valence-electron chi connectivity index (χ2n) is 4.53. The lowest BCUT2D eigenvalue weighted by Crippen LogP contribution is -2.33. The van der Waals surface area contributed by atoms with Gasteiger partial charge < -0.3 is 14.0 Å². The molecule has 1 aromatic rings. The second-order valence-corrected chi connectivity index (χ2v) is 5.64. The molecule has 2 rings (SSSR count). The Labute approximate surface area is 105 Å². The summed E-state index contributed by atoms with van der Waals surface area (Å²) >= 11 is 1.34. The average molecular weight is 254 g/mol. The molecule has 1 atom stereocenters. The minimum absolute atomic E-state index is 0.0242. The highest BCUT2D eigenvalue weighted by molar-refractivity contribution is 7.23. The number of hydrogen-bond donors (Lipinski definition) is 0. The van der Waals surface area contributed by atoms with Crippen LogP contribution in [0.5, 0.6) is 0 Å². The first-order chi connectivity index (χ1) is 7.94. The predicted octanol–water partition coefficient (Wildman–Crippen LogP) is 1.44. The van der Waals surface area contributed by atoms with E-state index in [1.54, 1.807) is 6.07 Å². The number of hydrogen-bond acceptors (Lipinski definition) is 5. The van der Waals surface area contributed by atoms with Crippen molar-refractivity contribution in [3.05, 3.63) is 17.0 Å². The first kappa shape index (κ1) is 12.6. The van der Waals surface area contributed by atoms with Gasteiger partial charge in [-0.05, 0) is 26.8 Å². The van der Waals surface area contributed by atoms with Gasteiger partial charge in [-0.25, -0.2) is 4.79 Å². The number of ether oxygens (including phenoxy) is 1. The summed E-state index contributed by atoms with van der Waals surface area (Å²) in [5, 5.41) is 0. The Bertz CT molecular complexity index is 429. The van der Waals surface area contributed by atoms with Crippen molar-refractivity contribution in [3.8, 4) is 0 Å². The van der Waals surface area contributed by atoms with E-state index < -0.39 is 0 Å². The Morgan fingerprint density at radius 1 is 1.53 bits per heavy atom. The summed E-state index contributed by atoms with van der Waals surface area (Å²) in [7, 11) is 0.985. The Balaban J connectivity index is 2.15. The number of thiophene rings is 1. The third kappa shape index (κ3) is 2.39. The van der Waals surface area contributed by atoms with Gasteiger partial charge in [-0.15, -0.1) is 11.3 Å². The number of methoxy groups -OCH3 is 1. The first-order valence-corrected chi connectivity index (χ1v) is 6.27. The summed E-state index contributed by atoms with van der Waals surface area (Å²) in [5.74, 6) is -0.327. The topological polar surface area (TPSA) is 44.8 Å². The molecule has 92 valence electrons. The van der Waals surface area contributed by atoms with Gasteiger partial charge in [0.25, 0.3) is 0 Å². The molecule has 1 saturated heterocycles. The zero-order chi connectivity index (χ0) is 12.6. The van der Waals surface area contributed by atoms with Crippen LogP contribution in [0.3, 0.4) is 0 Å². The number of carbonyl (C=O) groups excluding carboxylic acids is 1. The van der Waals surface area contributed by atoms with E-state index in [-0.39, 0.29) is 24.8 Å². The molecule has 0 spiro atoms. The van der Waals surface area contributed by atoms with Gasteiger partial charge >= 0.3 is 13.1 Å². The molecule has 4 nitrogen and oxygen atoms in total. The summed E-state index contributed by atoms with van der Waals surface area (Å²) in [6, 6.07) is 3.57. The molecule has 0 aliphatic carbocycles. The van der Waals surface area contributed by atoms with Gasteiger partial charge in [-0.2, -0.15) is 0 Å². The molecular weight excluding hydrogens is 239 g/mol. The highest BCUT2D eigenvalue weighted by Crippen LogP contribution is 2.27. The molecule has 1 aliphatic heterocycles. The minimum atomic E-state index is -0.386. The molecule has 6 heteroatoms. The smallest absolute Gasteiger partial charge is 0.465 e. The average Bonchev–Trinajstić information content (AvgIpc) is 2.84. The van der Waals surface area contributed by atoms with Crippen molar-refractivity contribution in [1.82, 2.24) is 0 Å². The van der Waals surface area contributed by atoms with Crippen LogP contribution in [0, 0.1) is 0 Å². The van der Waals surface area contributed by atoms with E-state index in [0.717, 1.165) is 4.78 Å². The van der Waals surface area contributed by atoms with Crippen molar-refractivity contribution in [3.63, 3.8) is 0 Å². The highest BCUT2D eigenvalue weighted by Gasteiger charge is 2.44. The van der Waals surface area contributed by atoms with Crippen LogP contribution in [-0.4, -0.2) is 31.9 Å². The highest BCUT2D eigenvalue weighted by atomic mass is 32.1. The molecule has 0 aromatic carbocycles. The predicted molar refractivity (Wildman–Crippen MR) is 66.8 cm³/mol. The lowest BCUT2D eigenvalue weighted by Gasteiger charge is -2.21. The fourth-order valence-corrected chi connectivity index (χ4v) is 2.46. The molecule has 0 saturated carbocycles. The zero-order valence-corrected chi connectivity index (χ0v) is 11.2. The van der Waals surface area contributed by atoms with Crippen molar-refractivity contribution in [2.75, 3.05) is 7.11 Å². The van der Waals surface area contributed by atoms with E-state index in [0.29, 0.717) is 4.88 Å². The number of carbonyl (C=O) groups is 1. The van der Waals surface area contributed by atoms with Crippen LogP contribution in [0.1, 0.15) is 30.4 Å². The van der Waals surface area contributed by atoms with Gasteiger partial charge in [0.05, 0.1) is 18.8 Å². The van der Waals surface area contributed by atoms with Crippen molar-refractivity contribution < 1.29 is 18.8 Å². The molecule has 0 radical (unpaired) electrons. The van der Waals surface area contributed by atoms with Crippen molar-refractivity contribution in [2.45, 2.75) is 32.5 Å².